The number of Topliss-reactive ketones (excluding diaryl/α,β-unsaturated/α-hetero) is 1. The first-order valence-corrected chi connectivity index (χ1v) is 13.8. The van der Waals surface area contributed by atoms with Gasteiger partial charge >= 0.3 is 0 Å². The van der Waals surface area contributed by atoms with Gasteiger partial charge in [0.2, 0.25) is 0 Å². The Hall–Kier alpha value is -4.72. The number of aromatic amines is 1. The summed E-state index contributed by atoms with van der Waals surface area (Å²) in [5, 5.41) is 12.5. The first kappa shape index (κ1) is 28.8. The molecule has 1 aliphatic heterocycles. The third-order valence-corrected chi connectivity index (χ3v) is 7.89. The number of carbonyl (C=O) groups excluding carboxylic acids is 2. The molecular weight excluding hydrogens is 532 g/mol. The number of rotatable bonds is 8. The minimum absolute atomic E-state index is 0.0383. The van der Waals surface area contributed by atoms with Gasteiger partial charge in [-0.05, 0) is 64.9 Å². The van der Waals surface area contributed by atoms with Crippen LogP contribution in [0.4, 0.5) is 0 Å². The molecule has 2 N–H and O–H groups in total. The highest BCUT2D eigenvalue weighted by Crippen LogP contribution is 2.41. The van der Waals surface area contributed by atoms with Gasteiger partial charge in [-0.25, -0.2) is 0 Å². The Labute approximate surface area is 245 Å². The molecule has 1 saturated heterocycles. The molecule has 2 heterocycles. The van der Waals surface area contributed by atoms with Gasteiger partial charge in [-0.3, -0.25) is 9.59 Å². The SMILES string of the molecule is COc1ccc2[nH]cc(CCN3C(=O)C(=O)C(=C(O)c4ccc(OC)c(OC)c4)[C@H]3c3ccc(C(C)(C)C)cc3)c2c1. The van der Waals surface area contributed by atoms with Gasteiger partial charge in [0, 0.05) is 29.2 Å². The number of amides is 1. The summed E-state index contributed by atoms with van der Waals surface area (Å²) in [5.41, 5.74) is 4.13. The van der Waals surface area contributed by atoms with Crippen LogP contribution < -0.4 is 14.2 Å². The lowest BCUT2D eigenvalue weighted by molar-refractivity contribution is -0.139. The van der Waals surface area contributed by atoms with Crippen molar-refractivity contribution in [3.63, 3.8) is 0 Å². The van der Waals surface area contributed by atoms with Gasteiger partial charge in [0.1, 0.15) is 11.5 Å². The Bertz CT molecular complexity index is 1680. The van der Waals surface area contributed by atoms with E-state index in [2.05, 4.69) is 25.8 Å². The van der Waals surface area contributed by atoms with Crippen LogP contribution in [-0.4, -0.2) is 54.6 Å². The molecule has 1 aromatic heterocycles. The number of hydrogen-bond acceptors (Lipinski definition) is 6. The Balaban J connectivity index is 1.58. The highest BCUT2D eigenvalue weighted by molar-refractivity contribution is 6.46. The zero-order valence-corrected chi connectivity index (χ0v) is 24.8. The quantitative estimate of drug-likeness (QED) is 0.150. The molecule has 218 valence electrons. The van der Waals surface area contributed by atoms with Crippen molar-refractivity contribution in [3.05, 3.63) is 94.7 Å². The molecule has 0 spiro atoms. The second kappa shape index (κ2) is 11.3. The topological polar surface area (TPSA) is 101 Å². The summed E-state index contributed by atoms with van der Waals surface area (Å²) < 4.78 is 16.1. The van der Waals surface area contributed by atoms with Gasteiger partial charge in [-0.2, -0.15) is 0 Å². The van der Waals surface area contributed by atoms with Crippen molar-refractivity contribution in [2.24, 2.45) is 0 Å². The number of H-pyrrole nitrogens is 1. The van der Waals surface area contributed by atoms with Crippen molar-refractivity contribution < 1.29 is 28.9 Å². The molecule has 4 aromatic rings. The molecule has 1 fully saturated rings. The fourth-order valence-corrected chi connectivity index (χ4v) is 5.49. The number of ketones is 1. The van der Waals surface area contributed by atoms with Crippen LogP contribution in [0.15, 0.2) is 72.4 Å². The maximum Gasteiger partial charge on any atom is 0.295 e. The van der Waals surface area contributed by atoms with Crippen LogP contribution in [0.1, 0.15) is 49.1 Å². The lowest BCUT2D eigenvalue weighted by Crippen LogP contribution is -2.31. The molecular formula is C34H36N2O6. The molecule has 42 heavy (non-hydrogen) atoms. The van der Waals surface area contributed by atoms with Crippen LogP contribution in [0, 0.1) is 0 Å². The number of likely N-dealkylation sites (tertiary alicyclic amines) is 1. The zero-order chi connectivity index (χ0) is 30.2. The predicted molar refractivity (Wildman–Crippen MR) is 162 cm³/mol. The number of aliphatic hydroxyl groups excluding tert-OH is 1. The van der Waals surface area contributed by atoms with Crippen molar-refractivity contribution >= 4 is 28.4 Å². The van der Waals surface area contributed by atoms with E-state index < -0.39 is 17.7 Å². The molecule has 8 nitrogen and oxygen atoms in total. The molecule has 0 bridgehead atoms. The van der Waals surface area contributed by atoms with Gasteiger partial charge in [-0.15, -0.1) is 0 Å². The van der Waals surface area contributed by atoms with E-state index in [0.717, 1.165) is 33.3 Å². The van der Waals surface area contributed by atoms with Gasteiger partial charge in [0.25, 0.3) is 11.7 Å². The number of nitrogens with zero attached hydrogens (tertiary/aromatic N) is 1. The Morgan fingerprint density at radius 1 is 0.905 bits per heavy atom. The number of aliphatic hydroxyl groups is 1. The van der Waals surface area contributed by atoms with E-state index in [1.54, 1.807) is 30.2 Å². The minimum atomic E-state index is -0.771. The largest absolute Gasteiger partial charge is 0.507 e. The van der Waals surface area contributed by atoms with E-state index in [-0.39, 0.29) is 23.3 Å². The van der Waals surface area contributed by atoms with Crippen molar-refractivity contribution in [2.45, 2.75) is 38.6 Å². The molecule has 0 unspecified atom stereocenters. The van der Waals surface area contributed by atoms with Crippen molar-refractivity contribution in [3.8, 4) is 17.2 Å². The average Bonchev–Trinajstić information content (AvgIpc) is 3.51. The summed E-state index contributed by atoms with van der Waals surface area (Å²) in [6.45, 7) is 6.65. The second-order valence-electron chi connectivity index (χ2n) is 11.4. The molecule has 8 heteroatoms. The summed E-state index contributed by atoms with van der Waals surface area (Å²) in [4.78, 5) is 32.0. The minimum Gasteiger partial charge on any atom is -0.507 e. The maximum atomic E-state index is 13.6. The Kier molecular flexibility index (Phi) is 7.73. The Morgan fingerprint density at radius 2 is 1.62 bits per heavy atom. The van der Waals surface area contributed by atoms with Gasteiger partial charge < -0.3 is 29.2 Å². The third-order valence-electron chi connectivity index (χ3n) is 7.89. The van der Waals surface area contributed by atoms with E-state index >= 15 is 0 Å². The highest BCUT2D eigenvalue weighted by Gasteiger charge is 2.46. The van der Waals surface area contributed by atoms with Crippen LogP contribution in [0.3, 0.4) is 0 Å². The van der Waals surface area contributed by atoms with E-state index in [1.807, 2.05) is 48.7 Å². The first-order valence-electron chi connectivity index (χ1n) is 13.8. The molecule has 5 rings (SSSR count). The number of benzene rings is 3. The lowest BCUT2D eigenvalue weighted by atomic mass is 9.85. The van der Waals surface area contributed by atoms with E-state index in [1.165, 1.54) is 14.2 Å². The second-order valence-corrected chi connectivity index (χ2v) is 11.4. The summed E-state index contributed by atoms with van der Waals surface area (Å²) in [6.07, 6.45) is 2.41. The number of ether oxygens (including phenoxy) is 3. The number of fused-ring (bicyclic) bond motifs is 1. The van der Waals surface area contributed by atoms with Crippen molar-refractivity contribution in [2.75, 3.05) is 27.9 Å². The summed E-state index contributed by atoms with van der Waals surface area (Å²) in [6, 6.07) is 17.8. The van der Waals surface area contributed by atoms with Crippen LogP contribution in [0.25, 0.3) is 16.7 Å². The predicted octanol–water partition coefficient (Wildman–Crippen LogP) is 6.16. The summed E-state index contributed by atoms with van der Waals surface area (Å²) in [7, 11) is 4.64. The van der Waals surface area contributed by atoms with E-state index in [4.69, 9.17) is 14.2 Å². The normalized spacial score (nSPS) is 16.7. The van der Waals surface area contributed by atoms with Crippen molar-refractivity contribution in [1.29, 1.82) is 0 Å². The molecule has 1 aliphatic rings. The average molecular weight is 569 g/mol. The van der Waals surface area contributed by atoms with Crippen LogP contribution in [0.2, 0.25) is 0 Å². The number of aromatic nitrogens is 1. The molecule has 1 amide bonds. The summed E-state index contributed by atoms with van der Waals surface area (Å²) in [5.74, 6) is -0.0286. The van der Waals surface area contributed by atoms with Crippen LogP contribution in [0.5, 0.6) is 17.2 Å². The van der Waals surface area contributed by atoms with Gasteiger partial charge in [0.15, 0.2) is 11.5 Å². The fraction of sp³-hybridized carbons (Fsp3) is 0.294. The first-order chi connectivity index (χ1) is 20.1. The smallest absolute Gasteiger partial charge is 0.295 e. The van der Waals surface area contributed by atoms with E-state index in [0.29, 0.717) is 23.5 Å². The van der Waals surface area contributed by atoms with Crippen LogP contribution in [-0.2, 0) is 21.4 Å². The lowest BCUT2D eigenvalue weighted by Gasteiger charge is -2.26. The monoisotopic (exact) mass is 568 g/mol. The number of methoxy groups -OCH3 is 3. The zero-order valence-electron chi connectivity index (χ0n) is 24.8. The van der Waals surface area contributed by atoms with Gasteiger partial charge in [0.05, 0.1) is 32.9 Å². The molecule has 1 atom stereocenters. The molecule has 0 aliphatic carbocycles. The fourth-order valence-electron chi connectivity index (χ4n) is 5.49. The van der Waals surface area contributed by atoms with E-state index in [9.17, 15) is 14.7 Å². The maximum absolute atomic E-state index is 13.6. The molecule has 0 saturated carbocycles. The standard InChI is InChI=1S/C34H36N2O6/c1-34(2,3)23-10-7-20(8-11-23)30-29(31(37)21-9-14-27(41-5)28(17-21)42-6)32(38)33(39)36(30)16-15-22-19-35-26-13-12-24(40-4)18-25(22)26/h7-14,17-19,30,35,37H,15-16H2,1-6H3/t30-/m1/s1. The number of carbonyl (C=O) groups is 2. The van der Waals surface area contributed by atoms with Crippen LogP contribution >= 0.6 is 0 Å². The van der Waals surface area contributed by atoms with Crippen molar-refractivity contribution in [1.82, 2.24) is 9.88 Å². The molecule has 3 aromatic carbocycles. The highest BCUT2D eigenvalue weighted by atomic mass is 16.5. The third kappa shape index (κ3) is 5.20. The molecule has 0 radical (unpaired) electrons. The Morgan fingerprint density at radius 3 is 2.26 bits per heavy atom. The van der Waals surface area contributed by atoms with Gasteiger partial charge in [-0.1, -0.05) is 45.0 Å². The summed E-state index contributed by atoms with van der Waals surface area (Å²) >= 11 is 0. The number of hydrogen-bond donors (Lipinski definition) is 2. The number of nitrogens with one attached hydrogen (secondary N) is 1.